The summed E-state index contributed by atoms with van der Waals surface area (Å²) in [6, 6.07) is 6.63. The molecule has 0 amide bonds. The molecule has 0 saturated carbocycles. The third-order valence-electron chi connectivity index (χ3n) is 4.49. The van der Waals surface area contributed by atoms with Gasteiger partial charge in [-0.3, -0.25) is 14.8 Å². The maximum Gasteiger partial charge on any atom is 0.335 e. The second-order valence-corrected chi connectivity index (χ2v) is 7.05. The molecule has 3 N–H and O–H groups in total. The summed E-state index contributed by atoms with van der Waals surface area (Å²) in [5, 5.41) is 21.2. The number of fused-ring (bicyclic) bond motifs is 1. The van der Waals surface area contributed by atoms with Crippen LogP contribution in [0, 0.1) is 6.92 Å². The fraction of sp³-hybridized carbons (Fsp3) is 0.167. The Morgan fingerprint density at radius 2 is 1.93 bits per heavy atom. The van der Waals surface area contributed by atoms with Gasteiger partial charge in [-0.1, -0.05) is 15.9 Å². The van der Waals surface area contributed by atoms with Crippen LogP contribution in [0.25, 0.3) is 5.69 Å². The van der Waals surface area contributed by atoms with Crippen molar-refractivity contribution >= 4 is 15.9 Å². The highest BCUT2D eigenvalue weighted by Crippen LogP contribution is 2.42. The second-order valence-electron chi connectivity index (χ2n) is 6.13. The highest BCUT2D eigenvalue weighted by atomic mass is 79.9. The van der Waals surface area contributed by atoms with Crippen LogP contribution in [0.3, 0.4) is 0 Å². The highest BCUT2D eigenvalue weighted by Gasteiger charge is 2.34. The molecule has 1 aliphatic heterocycles. The van der Waals surface area contributed by atoms with E-state index >= 15 is 0 Å². The third kappa shape index (κ3) is 2.75. The third-order valence-corrected chi connectivity index (χ3v) is 5.02. The first-order chi connectivity index (χ1) is 12.9. The van der Waals surface area contributed by atoms with Crippen molar-refractivity contribution in [1.82, 2.24) is 14.5 Å². The van der Waals surface area contributed by atoms with Crippen LogP contribution in [0.4, 0.5) is 0 Å². The lowest BCUT2D eigenvalue weighted by Crippen LogP contribution is -2.32. The number of aryl methyl sites for hydroxylation is 1. The fourth-order valence-corrected chi connectivity index (χ4v) is 3.41. The number of hydrogen-bond donors (Lipinski definition) is 3. The Hall–Kier alpha value is -2.91. The number of pyridine rings is 1. The predicted octanol–water partition coefficient (Wildman–Crippen LogP) is 2.02. The van der Waals surface area contributed by atoms with E-state index in [1.807, 2.05) is 0 Å². The number of nitrogens with zero attached hydrogens (tertiary/aromatic N) is 2. The van der Waals surface area contributed by atoms with Crippen LogP contribution in [0.15, 0.2) is 44.5 Å². The molecule has 0 saturated heterocycles. The minimum absolute atomic E-state index is 0.102. The summed E-state index contributed by atoms with van der Waals surface area (Å²) in [4.78, 5) is 31.1. The van der Waals surface area contributed by atoms with Gasteiger partial charge in [0, 0.05) is 21.8 Å². The molecule has 0 spiro atoms. The Bertz CT molecular complexity index is 1170. The van der Waals surface area contributed by atoms with Gasteiger partial charge in [0.25, 0.3) is 5.56 Å². The van der Waals surface area contributed by atoms with Crippen molar-refractivity contribution in [2.75, 3.05) is 0 Å². The number of benzene rings is 1. The van der Waals surface area contributed by atoms with E-state index < -0.39 is 23.2 Å². The Labute approximate surface area is 160 Å². The Morgan fingerprint density at radius 1 is 1.22 bits per heavy atom. The van der Waals surface area contributed by atoms with E-state index in [1.165, 1.54) is 0 Å². The average Bonchev–Trinajstić information content (AvgIpc) is 3.04. The van der Waals surface area contributed by atoms with E-state index in [1.54, 1.807) is 37.4 Å². The lowest BCUT2D eigenvalue weighted by molar-refractivity contribution is 0.0891. The molecule has 3 aromatic rings. The summed E-state index contributed by atoms with van der Waals surface area (Å²) in [6.07, 6.45) is 0.535. The molecule has 3 heterocycles. The SMILES string of the molecule is Cc1ncc2c(c1O)C(c1c(O)n(-c3ccc(Br)cc3)c(=O)[nH]c1=O)OC2. The van der Waals surface area contributed by atoms with Crippen LogP contribution < -0.4 is 11.2 Å². The van der Waals surface area contributed by atoms with Crippen LogP contribution >= 0.6 is 15.9 Å². The van der Waals surface area contributed by atoms with E-state index in [0.717, 1.165) is 9.04 Å². The maximum absolute atomic E-state index is 12.5. The summed E-state index contributed by atoms with van der Waals surface area (Å²) in [6.45, 7) is 1.75. The molecule has 2 aromatic heterocycles. The molecule has 0 bridgehead atoms. The zero-order valence-electron chi connectivity index (χ0n) is 14.1. The number of ether oxygens (including phenoxy) is 1. The molecule has 0 aliphatic carbocycles. The number of aromatic hydroxyl groups is 2. The normalized spacial score (nSPS) is 15.7. The molecule has 0 radical (unpaired) electrons. The number of hydrogen-bond acceptors (Lipinski definition) is 6. The minimum atomic E-state index is -1.02. The van der Waals surface area contributed by atoms with E-state index in [-0.39, 0.29) is 17.9 Å². The number of rotatable bonds is 2. The fourth-order valence-electron chi connectivity index (χ4n) is 3.15. The van der Waals surface area contributed by atoms with Gasteiger partial charge in [0.05, 0.1) is 18.0 Å². The molecule has 27 heavy (non-hydrogen) atoms. The van der Waals surface area contributed by atoms with Crippen LogP contribution in [0.2, 0.25) is 0 Å². The number of aromatic amines is 1. The Balaban J connectivity index is 1.96. The molecule has 1 aromatic carbocycles. The molecule has 138 valence electrons. The van der Waals surface area contributed by atoms with E-state index in [4.69, 9.17) is 4.74 Å². The van der Waals surface area contributed by atoms with Gasteiger partial charge in [0.15, 0.2) is 0 Å². The van der Waals surface area contributed by atoms with Gasteiger partial charge >= 0.3 is 5.69 Å². The van der Waals surface area contributed by atoms with Crippen molar-refractivity contribution < 1.29 is 14.9 Å². The molecule has 0 fully saturated rings. The maximum atomic E-state index is 12.5. The standard InChI is InChI=1S/C18H14BrN3O5/c1-8-14(23)12-9(6-20-8)7-27-15(12)13-16(24)21-18(26)22(17(13)25)11-4-2-10(19)3-5-11/h2-6,15,23,25H,7H2,1H3,(H,21,24,26). The zero-order valence-corrected chi connectivity index (χ0v) is 15.6. The first-order valence-electron chi connectivity index (χ1n) is 8.01. The van der Waals surface area contributed by atoms with Crippen LogP contribution in [0.1, 0.15) is 28.5 Å². The van der Waals surface area contributed by atoms with Gasteiger partial charge in [-0.25, -0.2) is 9.36 Å². The van der Waals surface area contributed by atoms with Crippen molar-refractivity contribution in [3.63, 3.8) is 0 Å². The van der Waals surface area contributed by atoms with Crippen molar-refractivity contribution in [1.29, 1.82) is 0 Å². The number of nitrogens with one attached hydrogen (secondary N) is 1. The second kappa shape index (κ2) is 6.36. The number of H-pyrrole nitrogens is 1. The largest absolute Gasteiger partial charge is 0.506 e. The monoisotopic (exact) mass is 431 g/mol. The first-order valence-corrected chi connectivity index (χ1v) is 8.81. The summed E-state index contributed by atoms with van der Waals surface area (Å²) in [5.41, 5.74) is 0.00668. The smallest absolute Gasteiger partial charge is 0.335 e. The average molecular weight is 432 g/mol. The van der Waals surface area contributed by atoms with Crippen molar-refractivity contribution in [2.24, 2.45) is 0 Å². The van der Waals surface area contributed by atoms with Crippen molar-refractivity contribution in [3.05, 3.63) is 78.2 Å². The van der Waals surface area contributed by atoms with Crippen LogP contribution in [-0.2, 0) is 11.3 Å². The Kier molecular flexibility index (Phi) is 4.12. The van der Waals surface area contributed by atoms with Gasteiger partial charge in [-0.15, -0.1) is 0 Å². The molecular formula is C18H14BrN3O5. The summed E-state index contributed by atoms with van der Waals surface area (Å²) < 4.78 is 7.43. The number of halogens is 1. The van der Waals surface area contributed by atoms with Gasteiger partial charge in [0.1, 0.15) is 17.4 Å². The molecule has 1 atom stereocenters. The zero-order chi connectivity index (χ0) is 19.3. The van der Waals surface area contributed by atoms with E-state index in [2.05, 4.69) is 25.9 Å². The molecule has 8 nitrogen and oxygen atoms in total. The molecule has 1 aliphatic rings. The van der Waals surface area contributed by atoms with Gasteiger partial charge in [0.2, 0.25) is 5.88 Å². The summed E-state index contributed by atoms with van der Waals surface area (Å²) in [7, 11) is 0. The first kappa shape index (κ1) is 17.5. The quantitative estimate of drug-likeness (QED) is 0.571. The molecular weight excluding hydrogens is 418 g/mol. The minimum Gasteiger partial charge on any atom is -0.506 e. The molecule has 1 unspecified atom stereocenters. The van der Waals surface area contributed by atoms with Crippen LogP contribution in [-0.4, -0.2) is 24.7 Å². The highest BCUT2D eigenvalue weighted by molar-refractivity contribution is 9.10. The van der Waals surface area contributed by atoms with Gasteiger partial charge < -0.3 is 14.9 Å². The lowest BCUT2D eigenvalue weighted by Gasteiger charge is -2.17. The predicted molar refractivity (Wildman–Crippen MR) is 99.3 cm³/mol. The molecule has 4 rings (SSSR count). The van der Waals surface area contributed by atoms with Crippen LogP contribution in [0.5, 0.6) is 11.6 Å². The van der Waals surface area contributed by atoms with Gasteiger partial charge in [-0.2, -0.15) is 0 Å². The number of aromatic nitrogens is 3. The van der Waals surface area contributed by atoms with E-state index in [0.29, 0.717) is 22.5 Å². The van der Waals surface area contributed by atoms with Crippen molar-refractivity contribution in [2.45, 2.75) is 19.6 Å². The van der Waals surface area contributed by atoms with Gasteiger partial charge in [-0.05, 0) is 31.2 Å². The van der Waals surface area contributed by atoms with Crippen molar-refractivity contribution in [3.8, 4) is 17.3 Å². The summed E-state index contributed by atoms with van der Waals surface area (Å²) in [5.74, 6) is -0.645. The van der Waals surface area contributed by atoms with E-state index in [9.17, 15) is 19.8 Å². The Morgan fingerprint density at radius 3 is 2.63 bits per heavy atom. The topological polar surface area (TPSA) is 117 Å². The lowest BCUT2D eigenvalue weighted by atomic mass is 10.00. The molecule has 9 heteroatoms. The summed E-state index contributed by atoms with van der Waals surface area (Å²) >= 11 is 3.31.